The van der Waals surface area contributed by atoms with Gasteiger partial charge in [-0.2, -0.15) is 0 Å². The van der Waals surface area contributed by atoms with Gasteiger partial charge in [-0.3, -0.25) is 0 Å². The van der Waals surface area contributed by atoms with Crippen LogP contribution in [-0.4, -0.2) is 18.7 Å². The van der Waals surface area contributed by atoms with E-state index in [1.165, 1.54) is 63.4 Å². The molecule has 0 saturated heterocycles. The van der Waals surface area contributed by atoms with Gasteiger partial charge in [0.25, 0.3) is 0 Å². The molecule has 1 aromatic heterocycles. The summed E-state index contributed by atoms with van der Waals surface area (Å²) in [5, 5.41) is 2.23. The van der Waals surface area contributed by atoms with Crippen molar-refractivity contribution in [2.75, 3.05) is 6.61 Å². The first kappa shape index (κ1) is 33.4. The maximum atomic E-state index is 13.0. The fourth-order valence-corrected chi connectivity index (χ4v) is 10.9. The predicted molar refractivity (Wildman–Crippen MR) is 193 cm³/mol. The lowest BCUT2D eigenvalue weighted by Gasteiger charge is -2.61. The largest absolute Gasteiger partial charge is 0.482 e. The van der Waals surface area contributed by atoms with Gasteiger partial charge in [-0.25, -0.2) is 9.59 Å². The molecule has 0 bridgehead atoms. The Morgan fingerprint density at radius 3 is 2.56 bits per heavy atom. The molecule has 5 heteroatoms. The lowest BCUT2D eigenvalue weighted by atomic mass is 9.44. The van der Waals surface area contributed by atoms with Gasteiger partial charge < -0.3 is 13.9 Å². The van der Waals surface area contributed by atoms with Crippen LogP contribution in [0.2, 0.25) is 0 Å². The van der Waals surface area contributed by atoms with Gasteiger partial charge in [0.05, 0.1) is 5.39 Å². The number of benzene rings is 2. The lowest BCUT2D eigenvalue weighted by Crippen LogP contribution is -2.52. The maximum Gasteiger partial charge on any atom is 0.344 e. The molecule has 3 aromatic rings. The van der Waals surface area contributed by atoms with Crippen molar-refractivity contribution >= 4 is 27.7 Å². The van der Waals surface area contributed by atoms with Gasteiger partial charge >= 0.3 is 11.6 Å². The number of rotatable bonds is 9. The molecular formula is C43H56O5. The Labute approximate surface area is 286 Å². The molecule has 8 atom stereocenters. The molecule has 0 amide bonds. The number of hydrogen-bond acceptors (Lipinski definition) is 5. The molecule has 0 spiro atoms. The van der Waals surface area contributed by atoms with Gasteiger partial charge in [0.1, 0.15) is 17.4 Å². The van der Waals surface area contributed by atoms with Gasteiger partial charge in [-0.05, 0) is 121 Å². The molecule has 2 aromatic carbocycles. The van der Waals surface area contributed by atoms with E-state index in [0.717, 1.165) is 65.5 Å². The van der Waals surface area contributed by atoms with Crippen LogP contribution in [0.25, 0.3) is 21.7 Å². The molecule has 258 valence electrons. The number of carbonyl (C=O) groups excluding carboxylic acids is 1. The molecule has 3 fully saturated rings. The highest BCUT2D eigenvalue weighted by Gasteiger charge is 2.56. The van der Waals surface area contributed by atoms with Crippen molar-refractivity contribution < 1.29 is 18.7 Å². The molecule has 48 heavy (non-hydrogen) atoms. The quantitative estimate of drug-likeness (QED) is 0.0996. The number of allylic oxidation sites excluding steroid dienone is 1. The topological polar surface area (TPSA) is 65.7 Å². The summed E-state index contributed by atoms with van der Waals surface area (Å²) >= 11 is 0. The average molecular weight is 653 g/mol. The molecule has 4 aliphatic carbocycles. The van der Waals surface area contributed by atoms with E-state index in [1.807, 2.05) is 30.3 Å². The standard InChI is InChI=1S/C43H56O5/c1-27(2)9-8-10-28(3)29-13-18-37-36-16-14-30-23-32(19-22-43(30,5)38(36)20-21-42(37,4)25-29)47-40(44)26-46-31-15-17-34-33-11-6-7-12-35(33)41(45)48-39(34)24-31/h6-7,11-12,14-15,17,24,27-29,32,36-38H,8-10,13,16,18-23,25-26H2,1-5H3/t28-,29+,32-,36-,37+,38-,42-,43+/m1/s1. The van der Waals surface area contributed by atoms with E-state index < -0.39 is 0 Å². The number of hydrogen-bond donors (Lipinski definition) is 0. The van der Waals surface area contributed by atoms with E-state index in [2.05, 4.69) is 40.7 Å². The van der Waals surface area contributed by atoms with E-state index >= 15 is 0 Å². The van der Waals surface area contributed by atoms with Crippen molar-refractivity contribution in [1.29, 1.82) is 0 Å². The second-order valence-corrected chi connectivity index (χ2v) is 17.0. The van der Waals surface area contributed by atoms with Crippen molar-refractivity contribution in [2.45, 2.75) is 118 Å². The van der Waals surface area contributed by atoms with Crippen molar-refractivity contribution in [2.24, 2.45) is 46.3 Å². The Kier molecular flexibility index (Phi) is 9.28. The molecule has 0 unspecified atom stereocenters. The van der Waals surface area contributed by atoms with Crippen LogP contribution in [0.3, 0.4) is 0 Å². The van der Waals surface area contributed by atoms with Crippen molar-refractivity contribution in [3.05, 3.63) is 64.5 Å². The average Bonchev–Trinajstić information content (AvgIpc) is 3.06. The lowest BCUT2D eigenvalue weighted by molar-refractivity contribution is -0.154. The summed E-state index contributed by atoms with van der Waals surface area (Å²) in [6.45, 7) is 12.3. The summed E-state index contributed by atoms with van der Waals surface area (Å²) in [6.07, 6.45) is 17.7. The summed E-state index contributed by atoms with van der Waals surface area (Å²) < 4.78 is 17.4. The minimum absolute atomic E-state index is 0.0977. The van der Waals surface area contributed by atoms with E-state index in [9.17, 15) is 9.59 Å². The molecule has 0 aliphatic heterocycles. The van der Waals surface area contributed by atoms with Crippen LogP contribution in [0.5, 0.6) is 5.75 Å². The highest BCUT2D eigenvalue weighted by atomic mass is 16.6. The van der Waals surface area contributed by atoms with Gasteiger partial charge in [0.15, 0.2) is 6.61 Å². The summed E-state index contributed by atoms with van der Waals surface area (Å²) in [4.78, 5) is 25.4. The van der Waals surface area contributed by atoms with Crippen molar-refractivity contribution in [3.8, 4) is 5.75 Å². The Morgan fingerprint density at radius 1 is 0.938 bits per heavy atom. The molecule has 1 heterocycles. The highest BCUT2D eigenvalue weighted by Crippen LogP contribution is 2.65. The van der Waals surface area contributed by atoms with Crippen LogP contribution in [0, 0.1) is 46.3 Å². The second-order valence-electron chi connectivity index (χ2n) is 17.0. The maximum absolute atomic E-state index is 13.0. The Hall–Kier alpha value is -3.08. The number of fused-ring (bicyclic) bond motifs is 8. The molecule has 7 rings (SSSR count). The zero-order valence-corrected chi connectivity index (χ0v) is 29.9. The molecule has 4 aliphatic rings. The predicted octanol–water partition coefficient (Wildman–Crippen LogP) is 10.7. The zero-order valence-electron chi connectivity index (χ0n) is 29.9. The molecule has 5 nitrogen and oxygen atoms in total. The summed E-state index contributed by atoms with van der Waals surface area (Å²) in [5.41, 5.74) is 2.32. The number of carbonyl (C=O) groups is 1. The third-order valence-corrected chi connectivity index (χ3v) is 13.6. The fraction of sp³-hybridized carbons (Fsp3) is 0.628. The summed E-state index contributed by atoms with van der Waals surface area (Å²) in [7, 11) is 0. The number of ether oxygens (including phenoxy) is 2. The van der Waals surface area contributed by atoms with E-state index in [-0.39, 0.29) is 29.7 Å². The highest BCUT2D eigenvalue weighted by molar-refractivity contribution is 6.04. The van der Waals surface area contributed by atoms with E-state index in [0.29, 0.717) is 22.1 Å². The third-order valence-electron chi connectivity index (χ3n) is 13.6. The first-order chi connectivity index (χ1) is 23.0. The molecule has 3 saturated carbocycles. The second kappa shape index (κ2) is 13.3. The van der Waals surface area contributed by atoms with Crippen LogP contribution in [-0.2, 0) is 9.53 Å². The normalized spacial score (nSPS) is 32.2. The van der Waals surface area contributed by atoms with Gasteiger partial charge in [-0.1, -0.05) is 83.7 Å². The minimum atomic E-state index is -0.380. The van der Waals surface area contributed by atoms with Crippen LogP contribution in [0.1, 0.15) is 112 Å². The monoisotopic (exact) mass is 652 g/mol. The van der Waals surface area contributed by atoms with Crippen LogP contribution < -0.4 is 10.4 Å². The van der Waals surface area contributed by atoms with Gasteiger partial charge in [-0.15, -0.1) is 0 Å². The van der Waals surface area contributed by atoms with Crippen LogP contribution in [0.15, 0.2) is 63.3 Å². The number of esters is 1. The molecular weight excluding hydrogens is 596 g/mol. The van der Waals surface area contributed by atoms with Crippen LogP contribution >= 0.6 is 0 Å². The summed E-state index contributed by atoms with van der Waals surface area (Å²) in [5.74, 6) is 5.10. The van der Waals surface area contributed by atoms with E-state index in [4.69, 9.17) is 13.9 Å². The Bertz CT molecular complexity index is 1730. The van der Waals surface area contributed by atoms with Crippen molar-refractivity contribution in [3.63, 3.8) is 0 Å². The third kappa shape index (κ3) is 6.36. The van der Waals surface area contributed by atoms with Gasteiger partial charge in [0.2, 0.25) is 0 Å². The van der Waals surface area contributed by atoms with E-state index in [1.54, 1.807) is 12.1 Å². The smallest absolute Gasteiger partial charge is 0.344 e. The zero-order chi connectivity index (χ0) is 33.6. The first-order valence-corrected chi connectivity index (χ1v) is 19.0. The minimum Gasteiger partial charge on any atom is -0.482 e. The molecule has 0 N–H and O–H groups in total. The Morgan fingerprint density at radius 2 is 1.75 bits per heavy atom. The Balaban J connectivity index is 0.947. The first-order valence-electron chi connectivity index (χ1n) is 19.0. The summed E-state index contributed by atoms with van der Waals surface area (Å²) in [6, 6.07) is 12.8. The fourth-order valence-electron chi connectivity index (χ4n) is 10.9. The SMILES string of the molecule is CC(C)CCC[C@@H](C)[C@H]1CC[C@H]2[C@H]3CC=C4C[C@H](OC(=O)COc5ccc6c(c5)oc(=O)c5ccccc56)CC[C@]4(C)[C@@H]3CC[C@]2(C)C1. The molecule has 0 radical (unpaired) electrons. The van der Waals surface area contributed by atoms with Crippen molar-refractivity contribution in [1.82, 2.24) is 0 Å². The van der Waals surface area contributed by atoms with Gasteiger partial charge in [0, 0.05) is 17.9 Å². The van der Waals surface area contributed by atoms with Crippen LogP contribution in [0.4, 0.5) is 0 Å².